The van der Waals surface area contributed by atoms with Crippen molar-refractivity contribution < 1.29 is 0 Å². The Balaban J connectivity index is 2.63. The summed E-state index contributed by atoms with van der Waals surface area (Å²) in [5, 5.41) is 0. The van der Waals surface area contributed by atoms with Crippen LogP contribution >= 0.6 is 0 Å². The van der Waals surface area contributed by atoms with Crippen molar-refractivity contribution in [3.05, 3.63) is 28.6 Å². The molecule has 0 saturated carbocycles. The van der Waals surface area contributed by atoms with E-state index in [1.165, 1.54) is 11.1 Å². The third-order valence-electron chi connectivity index (χ3n) is 2.05. The molecule has 0 saturated heterocycles. The summed E-state index contributed by atoms with van der Waals surface area (Å²) >= 11 is 0. The van der Waals surface area contributed by atoms with E-state index in [0.29, 0.717) is 0 Å². The highest BCUT2D eigenvalue weighted by Crippen LogP contribution is 2.15. The molecule has 11 heavy (non-hydrogen) atoms. The molecule has 0 fully saturated rings. The number of fused-ring (bicyclic) bond motifs is 1. The van der Waals surface area contributed by atoms with Gasteiger partial charge in [-0.25, -0.2) is 0 Å². The Hall–Kier alpha value is -1.18. The molecule has 1 aromatic rings. The zero-order chi connectivity index (χ0) is 7.84. The molecule has 1 aliphatic rings. The van der Waals surface area contributed by atoms with Crippen LogP contribution in [0.3, 0.4) is 0 Å². The second kappa shape index (κ2) is 2.16. The number of rotatable bonds is 0. The van der Waals surface area contributed by atoms with E-state index in [1.54, 1.807) is 0 Å². The first-order chi connectivity index (χ1) is 5.27. The molecule has 2 heteroatoms. The monoisotopic (exact) mass is 146 g/mol. The second-order valence-corrected chi connectivity index (χ2v) is 2.90. The summed E-state index contributed by atoms with van der Waals surface area (Å²) in [5.74, 6) is 0. The van der Waals surface area contributed by atoms with Gasteiger partial charge in [0.2, 0.25) is 0 Å². The molecule has 2 nitrogen and oxygen atoms in total. The lowest BCUT2D eigenvalue weighted by Gasteiger charge is -2.01. The average molecular weight is 146 g/mol. The molecule has 2 rings (SSSR count). The third-order valence-corrected chi connectivity index (χ3v) is 2.05. The highest BCUT2D eigenvalue weighted by atomic mass is 14.8. The van der Waals surface area contributed by atoms with Crippen LogP contribution in [-0.2, 0) is 6.54 Å². The minimum Gasteiger partial charge on any atom is -0.286 e. The first-order valence-corrected chi connectivity index (χ1v) is 3.74. The summed E-state index contributed by atoms with van der Waals surface area (Å²) in [5.41, 5.74) is 4.67. The summed E-state index contributed by atoms with van der Waals surface area (Å²) in [7, 11) is 0. The summed E-state index contributed by atoms with van der Waals surface area (Å²) < 4.78 is 0. The molecule has 0 atom stereocenters. The first kappa shape index (κ1) is 6.53. The van der Waals surface area contributed by atoms with Crippen LogP contribution in [0, 0.1) is 13.8 Å². The third kappa shape index (κ3) is 0.946. The number of aromatic nitrogens is 1. The maximum absolute atomic E-state index is 4.43. The molecular formula is C9H10N2. The topological polar surface area (TPSA) is 25.2 Å². The first-order valence-electron chi connectivity index (χ1n) is 3.74. The van der Waals surface area contributed by atoms with Gasteiger partial charge >= 0.3 is 0 Å². The molecule has 1 aliphatic heterocycles. The lowest BCUT2D eigenvalue weighted by atomic mass is 10.1. The van der Waals surface area contributed by atoms with Gasteiger partial charge in [-0.05, 0) is 25.5 Å². The van der Waals surface area contributed by atoms with E-state index >= 15 is 0 Å². The molecule has 0 amide bonds. The number of nitrogens with zero attached hydrogens (tertiary/aromatic N) is 2. The second-order valence-electron chi connectivity index (χ2n) is 2.90. The fraction of sp³-hybridized carbons (Fsp3) is 0.333. The van der Waals surface area contributed by atoms with Crippen molar-refractivity contribution in [2.75, 3.05) is 0 Å². The van der Waals surface area contributed by atoms with Crippen LogP contribution in [0.15, 0.2) is 11.1 Å². The summed E-state index contributed by atoms with van der Waals surface area (Å²) in [6.45, 7) is 4.87. The predicted octanol–water partition coefficient (Wildman–Crippen LogP) is 1.63. The summed E-state index contributed by atoms with van der Waals surface area (Å²) in [6.07, 6.45) is 1.90. The summed E-state index contributed by atoms with van der Waals surface area (Å²) in [4.78, 5) is 8.57. The van der Waals surface area contributed by atoms with Gasteiger partial charge in [0.05, 0.1) is 12.2 Å². The highest BCUT2D eigenvalue weighted by molar-refractivity contribution is 5.83. The van der Waals surface area contributed by atoms with E-state index in [4.69, 9.17) is 0 Å². The van der Waals surface area contributed by atoms with Crippen LogP contribution in [0.2, 0.25) is 0 Å². The normalized spacial score (nSPS) is 13.6. The Morgan fingerprint density at radius 3 is 3.00 bits per heavy atom. The van der Waals surface area contributed by atoms with E-state index in [1.807, 2.05) is 13.1 Å². The van der Waals surface area contributed by atoms with Crippen LogP contribution in [0.25, 0.3) is 0 Å². The number of pyridine rings is 1. The van der Waals surface area contributed by atoms with Crippen LogP contribution in [0.4, 0.5) is 0 Å². The molecule has 0 radical (unpaired) electrons. The van der Waals surface area contributed by atoms with Crippen molar-refractivity contribution in [3.8, 4) is 0 Å². The molecular weight excluding hydrogens is 136 g/mol. The van der Waals surface area contributed by atoms with E-state index in [2.05, 4.69) is 23.0 Å². The number of aryl methyl sites for hydroxylation is 2. The van der Waals surface area contributed by atoms with Crippen molar-refractivity contribution in [1.29, 1.82) is 0 Å². The van der Waals surface area contributed by atoms with Crippen LogP contribution in [-0.4, -0.2) is 11.2 Å². The zero-order valence-electron chi connectivity index (χ0n) is 6.76. The minimum atomic E-state index is 0.760. The quantitative estimate of drug-likeness (QED) is 0.546. The minimum absolute atomic E-state index is 0.760. The maximum Gasteiger partial charge on any atom is 0.0818 e. The van der Waals surface area contributed by atoms with Gasteiger partial charge in [0.25, 0.3) is 0 Å². The number of aliphatic imine (C=N–C) groups is 1. The van der Waals surface area contributed by atoms with E-state index in [0.717, 1.165) is 17.9 Å². The fourth-order valence-corrected chi connectivity index (χ4v) is 1.25. The highest BCUT2D eigenvalue weighted by Gasteiger charge is 2.08. The van der Waals surface area contributed by atoms with Gasteiger partial charge in [0.15, 0.2) is 0 Å². The Bertz CT molecular complexity index is 327. The largest absolute Gasteiger partial charge is 0.286 e. The molecule has 0 N–H and O–H groups in total. The van der Waals surface area contributed by atoms with Crippen molar-refractivity contribution in [1.82, 2.24) is 4.98 Å². The van der Waals surface area contributed by atoms with E-state index in [-0.39, 0.29) is 0 Å². The van der Waals surface area contributed by atoms with Gasteiger partial charge in [-0.15, -0.1) is 0 Å². The Morgan fingerprint density at radius 2 is 2.18 bits per heavy atom. The number of hydrogen-bond donors (Lipinski definition) is 0. The molecule has 1 aromatic heterocycles. The van der Waals surface area contributed by atoms with Gasteiger partial charge in [-0.2, -0.15) is 0 Å². The Labute approximate surface area is 66.0 Å². The van der Waals surface area contributed by atoms with Crippen molar-refractivity contribution in [2.45, 2.75) is 20.4 Å². The molecule has 0 bridgehead atoms. The molecule has 0 aromatic carbocycles. The van der Waals surface area contributed by atoms with E-state index < -0.39 is 0 Å². The molecule has 0 aliphatic carbocycles. The van der Waals surface area contributed by atoms with Crippen molar-refractivity contribution in [2.24, 2.45) is 4.99 Å². The van der Waals surface area contributed by atoms with Crippen LogP contribution in [0.1, 0.15) is 22.5 Å². The van der Waals surface area contributed by atoms with Gasteiger partial charge in [0, 0.05) is 17.5 Å². The SMILES string of the molecule is Cc1cc2c(nc1C)CN=C2. The van der Waals surface area contributed by atoms with Crippen LogP contribution < -0.4 is 0 Å². The van der Waals surface area contributed by atoms with Crippen molar-refractivity contribution >= 4 is 6.21 Å². The fourth-order valence-electron chi connectivity index (χ4n) is 1.25. The van der Waals surface area contributed by atoms with Crippen LogP contribution in [0.5, 0.6) is 0 Å². The smallest absolute Gasteiger partial charge is 0.0818 e. The lowest BCUT2D eigenvalue weighted by molar-refractivity contribution is 0.987. The van der Waals surface area contributed by atoms with Gasteiger partial charge < -0.3 is 0 Å². The average Bonchev–Trinajstić information content (AvgIpc) is 2.36. The Kier molecular flexibility index (Phi) is 1.28. The van der Waals surface area contributed by atoms with Crippen molar-refractivity contribution in [3.63, 3.8) is 0 Å². The predicted molar refractivity (Wildman–Crippen MR) is 45.0 cm³/mol. The number of hydrogen-bond acceptors (Lipinski definition) is 2. The zero-order valence-corrected chi connectivity index (χ0v) is 6.76. The molecule has 2 heterocycles. The molecule has 0 spiro atoms. The standard InChI is InChI=1S/C9H10N2/c1-6-3-8-4-10-5-9(8)11-7(6)2/h3-4H,5H2,1-2H3. The van der Waals surface area contributed by atoms with E-state index in [9.17, 15) is 0 Å². The Morgan fingerprint density at radius 1 is 1.36 bits per heavy atom. The maximum atomic E-state index is 4.43. The van der Waals surface area contributed by atoms with Gasteiger partial charge in [0.1, 0.15) is 0 Å². The lowest BCUT2D eigenvalue weighted by Crippen LogP contribution is -1.95. The molecule has 0 unspecified atom stereocenters. The summed E-state index contributed by atoms with van der Waals surface area (Å²) in [6, 6.07) is 2.15. The molecule has 56 valence electrons. The van der Waals surface area contributed by atoms with Gasteiger partial charge in [-0.3, -0.25) is 9.98 Å². The van der Waals surface area contributed by atoms with Gasteiger partial charge in [-0.1, -0.05) is 0 Å².